The predicted octanol–water partition coefficient (Wildman–Crippen LogP) is 5.83. The fourth-order valence-electron chi connectivity index (χ4n) is 3.43. The number of unbranched alkanes of at least 4 members (excludes halogenated alkanes) is 12. The van der Waals surface area contributed by atoms with Crippen molar-refractivity contribution in [2.24, 2.45) is 5.73 Å². The highest BCUT2D eigenvalue weighted by atomic mass is 16.6. The minimum atomic E-state index is -0.488. The van der Waals surface area contributed by atoms with Crippen molar-refractivity contribution < 1.29 is 14.3 Å². The Bertz CT molecular complexity index is 450. The third-order valence-electron chi connectivity index (χ3n) is 5.28. The number of nitrogens with two attached hydrogens (primary N) is 1. The van der Waals surface area contributed by atoms with Crippen molar-refractivity contribution in [3.05, 3.63) is 0 Å². The van der Waals surface area contributed by atoms with Crippen molar-refractivity contribution >= 4 is 12.0 Å². The lowest BCUT2D eigenvalue weighted by atomic mass is 10.1. The van der Waals surface area contributed by atoms with Gasteiger partial charge in [-0.05, 0) is 46.5 Å². The van der Waals surface area contributed by atoms with E-state index in [4.69, 9.17) is 10.5 Å². The number of hydrogen-bond acceptors (Lipinski definition) is 4. The first kappa shape index (κ1) is 29.7. The Hall–Kier alpha value is -1.30. The van der Waals surface area contributed by atoms with Gasteiger partial charge in [0.05, 0.1) is 6.04 Å². The maximum absolute atomic E-state index is 12.0. The van der Waals surface area contributed by atoms with Crippen LogP contribution in [-0.4, -0.2) is 36.7 Å². The minimum Gasteiger partial charge on any atom is -0.444 e. The molecule has 1 unspecified atom stereocenters. The molecule has 0 aliphatic heterocycles. The SMILES string of the molecule is CCCCCCCCCCCCCCNC(=O)C(N)CCCCNC(=O)OC(C)(C)C. The zero-order valence-electron chi connectivity index (χ0n) is 20.9. The van der Waals surface area contributed by atoms with Gasteiger partial charge in [-0.1, -0.05) is 77.6 Å². The number of nitrogens with one attached hydrogen (secondary N) is 2. The van der Waals surface area contributed by atoms with E-state index in [1.54, 1.807) is 0 Å². The molecule has 0 rings (SSSR count). The van der Waals surface area contributed by atoms with Gasteiger partial charge < -0.3 is 21.1 Å². The number of ether oxygens (including phenoxy) is 1. The van der Waals surface area contributed by atoms with Crippen LogP contribution in [0.3, 0.4) is 0 Å². The molecule has 0 aromatic carbocycles. The van der Waals surface area contributed by atoms with Gasteiger partial charge in [0.1, 0.15) is 5.60 Å². The van der Waals surface area contributed by atoms with E-state index in [0.717, 1.165) is 19.3 Å². The van der Waals surface area contributed by atoms with E-state index in [1.165, 1.54) is 70.6 Å². The zero-order chi connectivity index (χ0) is 23.4. The van der Waals surface area contributed by atoms with Gasteiger partial charge in [0.15, 0.2) is 0 Å². The highest BCUT2D eigenvalue weighted by molar-refractivity contribution is 5.81. The highest BCUT2D eigenvalue weighted by Crippen LogP contribution is 2.12. The van der Waals surface area contributed by atoms with Gasteiger partial charge in [0.2, 0.25) is 5.91 Å². The van der Waals surface area contributed by atoms with Crippen LogP contribution in [0.2, 0.25) is 0 Å². The normalized spacial score (nSPS) is 12.4. The summed E-state index contributed by atoms with van der Waals surface area (Å²) in [5.41, 5.74) is 5.48. The molecule has 0 heterocycles. The van der Waals surface area contributed by atoms with Crippen LogP contribution in [0.1, 0.15) is 124 Å². The molecule has 0 bridgehead atoms. The van der Waals surface area contributed by atoms with Crippen molar-refractivity contribution in [2.75, 3.05) is 13.1 Å². The second kappa shape index (κ2) is 19.4. The summed E-state index contributed by atoms with van der Waals surface area (Å²) in [7, 11) is 0. The summed E-state index contributed by atoms with van der Waals surface area (Å²) in [5.74, 6) is -0.0665. The number of carbonyl (C=O) groups is 2. The molecule has 0 spiro atoms. The number of amides is 2. The van der Waals surface area contributed by atoms with Crippen LogP contribution in [-0.2, 0) is 9.53 Å². The predicted molar refractivity (Wildman–Crippen MR) is 130 cm³/mol. The van der Waals surface area contributed by atoms with E-state index in [2.05, 4.69) is 17.6 Å². The average molecular weight is 442 g/mol. The maximum atomic E-state index is 12.0. The number of alkyl carbamates (subject to hydrolysis) is 1. The van der Waals surface area contributed by atoms with Crippen molar-refractivity contribution in [2.45, 2.75) is 136 Å². The third-order valence-corrected chi connectivity index (χ3v) is 5.28. The molecule has 4 N–H and O–H groups in total. The monoisotopic (exact) mass is 441 g/mol. The lowest BCUT2D eigenvalue weighted by molar-refractivity contribution is -0.122. The summed E-state index contributed by atoms with van der Waals surface area (Å²) in [6.45, 7) is 9.01. The second-order valence-electron chi connectivity index (χ2n) is 9.71. The molecule has 0 aromatic heterocycles. The number of rotatable bonds is 19. The van der Waals surface area contributed by atoms with Crippen molar-refractivity contribution in [1.82, 2.24) is 10.6 Å². The molecule has 0 fully saturated rings. The van der Waals surface area contributed by atoms with E-state index < -0.39 is 17.7 Å². The third kappa shape index (κ3) is 21.7. The van der Waals surface area contributed by atoms with Gasteiger partial charge in [-0.15, -0.1) is 0 Å². The van der Waals surface area contributed by atoms with E-state index in [1.807, 2.05) is 20.8 Å². The van der Waals surface area contributed by atoms with Crippen LogP contribution in [0, 0.1) is 0 Å². The molecule has 184 valence electrons. The van der Waals surface area contributed by atoms with Crippen LogP contribution in [0.5, 0.6) is 0 Å². The number of hydrogen-bond donors (Lipinski definition) is 3. The maximum Gasteiger partial charge on any atom is 0.407 e. The first-order valence-corrected chi connectivity index (χ1v) is 12.8. The van der Waals surface area contributed by atoms with E-state index in [0.29, 0.717) is 19.5 Å². The van der Waals surface area contributed by atoms with E-state index in [-0.39, 0.29) is 5.91 Å². The van der Waals surface area contributed by atoms with Gasteiger partial charge in [-0.25, -0.2) is 4.79 Å². The Morgan fingerprint density at radius 2 is 1.19 bits per heavy atom. The van der Waals surface area contributed by atoms with Gasteiger partial charge in [0.25, 0.3) is 0 Å². The quantitative estimate of drug-likeness (QED) is 0.220. The molecule has 0 aromatic rings. The Morgan fingerprint density at radius 3 is 1.71 bits per heavy atom. The first-order valence-electron chi connectivity index (χ1n) is 12.8. The molecule has 0 saturated heterocycles. The zero-order valence-corrected chi connectivity index (χ0v) is 20.9. The van der Waals surface area contributed by atoms with Crippen molar-refractivity contribution in [1.29, 1.82) is 0 Å². The van der Waals surface area contributed by atoms with Gasteiger partial charge in [-0.3, -0.25) is 4.79 Å². The first-order chi connectivity index (χ1) is 14.8. The summed E-state index contributed by atoms with van der Waals surface area (Å²) in [6, 6.07) is -0.473. The molecule has 31 heavy (non-hydrogen) atoms. The molecule has 1 atom stereocenters. The average Bonchev–Trinajstić information content (AvgIpc) is 2.69. The Labute approximate surface area is 191 Å². The lowest BCUT2D eigenvalue weighted by Crippen LogP contribution is -2.41. The molecule has 2 amide bonds. The molecular weight excluding hydrogens is 390 g/mol. The standard InChI is InChI=1S/C25H51N3O3/c1-5-6-7-8-9-10-11-12-13-14-15-17-20-27-23(29)22(26)19-16-18-21-28-24(30)31-25(2,3)4/h22H,5-21,26H2,1-4H3,(H,27,29)(H,28,30). The molecule has 6 nitrogen and oxygen atoms in total. The minimum absolute atomic E-state index is 0.0665. The Morgan fingerprint density at radius 1 is 0.742 bits per heavy atom. The van der Waals surface area contributed by atoms with E-state index >= 15 is 0 Å². The summed E-state index contributed by atoms with van der Waals surface area (Å²) in [6.07, 6.45) is 17.5. The topological polar surface area (TPSA) is 93.5 Å². The Kier molecular flexibility index (Phi) is 18.6. The fourth-order valence-corrected chi connectivity index (χ4v) is 3.43. The highest BCUT2D eigenvalue weighted by Gasteiger charge is 2.16. The van der Waals surface area contributed by atoms with Crippen molar-refractivity contribution in [3.63, 3.8) is 0 Å². The molecular formula is C25H51N3O3. The van der Waals surface area contributed by atoms with Crippen molar-refractivity contribution in [3.8, 4) is 0 Å². The van der Waals surface area contributed by atoms with Crippen LogP contribution < -0.4 is 16.4 Å². The van der Waals surface area contributed by atoms with Gasteiger partial charge >= 0.3 is 6.09 Å². The van der Waals surface area contributed by atoms with Crippen LogP contribution in [0.25, 0.3) is 0 Å². The summed E-state index contributed by atoms with van der Waals surface area (Å²) in [4.78, 5) is 23.6. The Balaban J connectivity index is 3.45. The van der Waals surface area contributed by atoms with Crippen LogP contribution in [0.4, 0.5) is 4.79 Å². The smallest absolute Gasteiger partial charge is 0.407 e. The van der Waals surface area contributed by atoms with E-state index in [9.17, 15) is 9.59 Å². The van der Waals surface area contributed by atoms with Crippen LogP contribution in [0.15, 0.2) is 0 Å². The molecule has 0 aliphatic rings. The molecule has 0 aliphatic carbocycles. The largest absolute Gasteiger partial charge is 0.444 e. The van der Waals surface area contributed by atoms with Gasteiger partial charge in [-0.2, -0.15) is 0 Å². The van der Waals surface area contributed by atoms with Gasteiger partial charge in [0, 0.05) is 13.1 Å². The number of carbonyl (C=O) groups excluding carboxylic acids is 2. The summed E-state index contributed by atoms with van der Waals surface area (Å²) >= 11 is 0. The lowest BCUT2D eigenvalue weighted by Gasteiger charge is -2.19. The molecule has 0 radical (unpaired) electrons. The summed E-state index contributed by atoms with van der Waals surface area (Å²) < 4.78 is 5.18. The fraction of sp³-hybridized carbons (Fsp3) is 0.920. The van der Waals surface area contributed by atoms with Crippen LogP contribution >= 0.6 is 0 Å². The second-order valence-corrected chi connectivity index (χ2v) is 9.71. The molecule has 0 saturated carbocycles. The summed E-state index contributed by atoms with van der Waals surface area (Å²) in [5, 5.41) is 5.67. The molecule has 6 heteroatoms.